The van der Waals surface area contributed by atoms with E-state index < -0.39 is 23.0 Å². The Morgan fingerprint density at radius 2 is 1.88 bits per heavy atom. The molecule has 11 heteroatoms. The molecule has 0 aliphatic carbocycles. The first-order valence-corrected chi connectivity index (χ1v) is 11.1. The van der Waals surface area contributed by atoms with Gasteiger partial charge in [0, 0.05) is 11.8 Å². The van der Waals surface area contributed by atoms with Gasteiger partial charge in [0.05, 0.1) is 12.3 Å². The van der Waals surface area contributed by atoms with Crippen LogP contribution in [0.3, 0.4) is 0 Å². The summed E-state index contributed by atoms with van der Waals surface area (Å²) in [4.78, 5) is 12.1. The second-order valence-corrected chi connectivity index (χ2v) is 8.66. The lowest BCUT2D eigenvalue weighted by Gasteiger charge is -2.14. The molecule has 4 N–H and O–H groups in total. The van der Waals surface area contributed by atoms with Gasteiger partial charge in [-0.2, -0.15) is 0 Å². The summed E-state index contributed by atoms with van der Waals surface area (Å²) >= 11 is 0. The molecule has 1 amide bonds. The Morgan fingerprint density at radius 1 is 1.09 bits per heavy atom. The Morgan fingerprint density at radius 3 is 2.66 bits per heavy atom. The van der Waals surface area contributed by atoms with Gasteiger partial charge in [-0.05, 0) is 47.4 Å². The highest BCUT2D eigenvalue weighted by molar-refractivity contribution is 7.92. The van der Waals surface area contributed by atoms with Crippen molar-refractivity contribution in [3.8, 4) is 11.5 Å². The number of anilines is 2. The number of nitrogens with one attached hydrogen (secondary N) is 2. The quantitative estimate of drug-likeness (QED) is 0.397. The number of sulfonamides is 1. The van der Waals surface area contributed by atoms with Gasteiger partial charge in [-0.3, -0.25) is 9.52 Å². The van der Waals surface area contributed by atoms with Crippen molar-refractivity contribution in [2.24, 2.45) is 0 Å². The van der Waals surface area contributed by atoms with E-state index in [4.69, 9.17) is 9.39 Å². The molecule has 0 radical (unpaired) electrons. The van der Waals surface area contributed by atoms with Crippen molar-refractivity contribution in [3.63, 3.8) is 0 Å². The van der Waals surface area contributed by atoms with Gasteiger partial charge in [0.2, 0.25) is 0 Å². The number of fused-ring (bicyclic) bond motifs is 1. The maximum Gasteiger partial charge on any atom is 0.491 e. The number of amides is 1. The molecule has 0 spiro atoms. The number of benzene rings is 3. The summed E-state index contributed by atoms with van der Waals surface area (Å²) in [5, 5.41) is 22.1. The van der Waals surface area contributed by atoms with Crippen LogP contribution >= 0.6 is 0 Å². The molecule has 3 aromatic carbocycles. The highest BCUT2D eigenvalue weighted by Gasteiger charge is 2.28. The number of carbonyl (C=O) groups is 1. The number of rotatable bonds is 7. The van der Waals surface area contributed by atoms with Gasteiger partial charge in [0.15, 0.2) is 6.61 Å². The molecule has 32 heavy (non-hydrogen) atoms. The van der Waals surface area contributed by atoms with Crippen molar-refractivity contribution < 1.29 is 32.7 Å². The largest absolute Gasteiger partial charge is 0.508 e. The monoisotopic (exact) mass is 454 g/mol. The van der Waals surface area contributed by atoms with E-state index in [1.165, 1.54) is 18.2 Å². The van der Waals surface area contributed by atoms with Crippen molar-refractivity contribution in [1.82, 2.24) is 0 Å². The van der Waals surface area contributed by atoms with Crippen molar-refractivity contribution in [2.75, 3.05) is 16.6 Å². The second-order valence-electron chi connectivity index (χ2n) is 7.01. The summed E-state index contributed by atoms with van der Waals surface area (Å²) in [7, 11) is -5.27. The van der Waals surface area contributed by atoms with Gasteiger partial charge >= 0.3 is 7.12 Å². The van der Waals surface area contributed by atoms with E-state index in [2.05, 4.69) is 10.0 Å². The van der Waals surface area contributed by atoms with E-state index in [1.807, 2.05) is 0 Å². The fourth-order valence-corrected chi connectivity index (χ4v) is 4.38. The van der Waals surface area contributed by atoms with E-state index in [9.17, 15) is 23.3 Å². The second kappa shape index (κ2) is 8.91. The molecular weight excluding hydrogens is 435 g/mol. The number of hydrogen-bond donors (Lipinski definition) is 4. The molecular formula is C21H19BN2O7S. The first-order valence-electron chi connectivity index (χ1n) is 9.58. The Hall–Kier alpha value is -3.54. The molecule has 4 rings (SSSR count). The fourth-order valence-electron chi connectivity index (χ4n) is 3.19. The van der Waals surface area contributed by atoms with Gasteiger partial charge in [0.25, 0.3) is 15.9 Å². The molecule has 3 aromatic rings. The lowest BCUT2D eigenvalue weighted by Crippen LogP contribution is -2.28. The van der Waals surface area contributed by atoms with Crippen LogP contribution in [0.25, 0.3) is 0 Å². The van der Waals surface area contributed by atoms with Crippen molar-refractivity contribution >= 4 is 39.9 Å². The Bertz CT molecular complexity index is 1250. The zero-order chi connectivity index (χ0) is 22.7. The van der Waals surface area contributed by atoms with Crippen LogP contribution in [0.2, 0.25) is 0 Å². The predicted molar refractivity (Wildman–Crippen MR) is 118 cm³/mol. The minimum atomic E-state index is -4.15. The van der Waals surface area contributed by atoms with E-state index >= 15 is 0 Å². The molecule has 0 bridgehead atoms. The van der Waals surface area contributed by atoms with Crippen LogP contribution in [0.1, 0.15) is 5.56 Å². The van der Waals surface area contributed by atoms with Gasteiger partial charge < -0.3 is 24.8 Å². The number of phenols is 1. The third kappa shape index (κ3) is 4.85. The average molecular weight is 454 g/mol. The van der Waals surface area contributed by atoms with Gasteiger partial charge in [-0.25, -0.2) is 8.42 Å². The third-order valence-corrected chi connectivity index (χ3v) is 6.14. The predicted octanol–water partition coefficient (Wildman–Crippen LogP) is 1.43. The molecule has 1 heterocycles. The topological polar surface area (TPSA) is 134 Å². The van der Waals surface area contributed by atoms with Gasteiger partial charge in [0.1, 0.15) is 16.4 Å². The van der Waals surface area contributed by atoms with Crippen molar-refractivity contribution in [3.05, 3.63) is 72.3 Å². The highest BCUT2D eigenvalue weighted by Crippen LogP contribution is 2.28. The first-order chi connectivity index (χ1) is 15.3. The lowest BCUT2D eigenvalue weighted by molar-refractivity contribution is -0.118. The van der Waals surface area contributed by atoms with E-state index in [0.29, 0.717) is 11.2 Å². The van der Waals surface area contributed by atoms with Crippen LogP contribution in [-0.2, 0) is 26.1 Å². The standard InChI is InChI=1S/C21H19BN2O7S/c25-16-8-9-20(19(11-16)23-21(26)13-30-17-4-2-1-3-5-17)32(28,29)24-15-7-6-14-12-31-22(27)18(14)10-15/h1-11,24-25,27H,12-13H2,(H,23,26). The smallest absolute Gasteiger partial charge is 0.491 e. The summed E-state index contributed by atoms with van der Waals surface area (Å²) in [6.07, 6.45) is 0. The zero-order valence-corrected chi connectivity index (χ0v) is 17.5. The number of aromatic hydroxyl groups is 1. The lowest BCUT2D eigenvalue weighted by atomic mass is 9.79. The Labute approximate surface area is 184 Å². The summed E-state index contributed by atoms with van der Waals surface area (Å²) in [5.41, 5.74) is 1.34. The fraction of sp³-hybridized carbons (Fsp3) is 0.0952. The van der Waals surface area contributed by atoms with E-state index in [-0.39, 0.29) is 35.2 Å². The van der Waals surface area contributed by atoms with Crippen molar-refractivity contribution in [2.45, 2.75) is 11.5 Å². The van der Waals surface area contributed by atoms with Gasteiger partial charge in [-0.15, -0.1) is 0 Å². The summed E-state index contributed by atoms with van der Waals surface area (Å²) in [5.74, 6) is -0.342. The van der Waals surface area contributed by atoms with Crippen LogP contribution in [0.15, 0.2) is 71.6 Å². The summed E-state index contributed by atoms with van der Waals surface area (Å²) in [6, 6.07) is 16.9. The Balaban J connectivity index is 1.53. The molecule has 1 aliphatic rings. The highest BCUT2D eigenvalue weighted by atomic mass is 32.2. The summed E-state index contributed by atoms with van der Waals surface area (Å²) < 4.78 is 38.9. The number of carbonyl (C=O) groups excluding carboxylic acids is 1. The van der Waals surface area contributed by atoms with Crippen LogP contribution in [0, 0.1) is 0 Å². The molecule has 9 nitrogen and oxygen atoms in total. The Kier molecular flexibility index (Phi) is 6.04. The molecule has 1 aliphatic heterocycles. The van der Waals surface area contributed by atoms with E-state index in [1.54, 1.807) is 42.5 Å². The van der Waals surface area contributed by atoms with Crippen LogP contribution in [-0.4, -0.2) is 38.2 Å². The van der Waals surface area contributed by atoms with E-state index in [0.717, 1.165) is 11.6 Å². The number of para-hydroxylation sites is 1. The number of ether oxygens (including phenoxy) is 1. The zero-order valence-electron chi connectivity index (χ0n) is 16.7. The SMILES string of the molecule is O=C(COc1ccccc1)Nc1cc(O)ccc1S(=O)(=O)Nc1ccc2c(c1)B(O)OC2. The maximum atomic E-state index is 13.0. The number of phenolic OH excluding ortho intramolecular Hbond substituents is 1. The van der Waals surface area contributed by atoms with Crippen LogP contribution in [0.4, 0.5) is 11.4 Å². The molecule has 164 valence electrons. The summed E-state index contributed by atoms with van der Waals surface area (Å²) in [6.45, 7) is -0.113. The maximum absolute atomic E-state index is 13.0. The molecule has 0 unspecified atom stereocenters. The third-order valence-electron chi connectivity index (χ3n) is 4.70. The van der Waals surface area contributed by atoms with Crippen molar-refractivity contribution in [1.29, 1.82) is 0 Å². The first kappa shape index (κ1) is 21.7. The molecule has 0 saturated carbocycles. The normalized spacial score (nSPS) is 12.8. The molecule has 0 aromatic heterocycles. The minimum absolute atomic E-state index is 0.108. The number of hydrogen-bond acceptors (Lipinski definition) is 7. The van der Waals surface area contributed by atoms with Gasteiger partial charge in [-0.1, -0.05) is 24.3 Å². The molecule has 0 atom stereocenters. The van der Waals surface area contributed by atoms with Crippen LogP contribution < -0.4 is 20.2 Å². The molecule has 0 saturated heterocycles. The average Bonchev–Trinajstić information content (AvgIpc) is 3.13. The minimum Gasteiger partial charge on any atom is -0.508 e. The van der Waals surface area contributed by atoms with Crippen LogP contribution in [0.5, 0.6) is 11.5 Å². The molecule has 0 fully saturated rings.